The fourth-order valence-electron chi connectivity index (χ4n) is 2.92. The third-order valence-electron chi connectivity index (χ3n) is 4.86. The molecule has 2 rings (SSSR count). The van der Waals surface area contributed by atoms with Crippen LogP contribution in [0.25, 0.3) is 0 Å². The predicted octanol–water partition coefficient (Wildman–Crippen LogP) is 4.93. The van der Waals surface area contributed by atoms with Gasteiger partial charge in [-0.15, -0.1) is 0 Å². The normalized spacial score (nSPS) is 11.9. The van der Waals surface area contributed by atoms with Crippen molar-refractivity contribution in [3.63, 3.8) is 0 Å². The standard InChI is InChI=1S/C23H28Cl2N2O3/c1-14(2)26-23(29)17(5)27(12-18-9-10-19(24)11-20(18)25)22(28)13-30-21-8-6-7-15(3)16(21)4/h6-11,14,17H,12-13H2,1-5H3,(H,26,29)/t17-/m1/s1. The van der Waals surface area contributed by atoms with E-state index in [0.29, 0.717) is 21.4 Å². The monoisotopic (exact) mass is 450 g/mol. The molecular weight excluding hydrogens is 423 g/mol. The van der Waals surface area contributed by atoms with Crippen LogP contribution >= 0.6 is 23.2 Å². The number of carbonyl (C=O) groups excluding carboxylic acids is 2. The van der Waals surface area contributed by atoms with Crippen LogP contribution in [0.15, 0.2) is 36.4 Å². The minimum atomic E-state index is -0.700. The first kappa shape index (κ1) is 24.0. The van der Waals surface area contributed by atoms with E-state index in [1.165, 1.54) is 4.90 Å². The fraction of sp³-hybridized carbons (Fsp3) is 0.391. The number of aryl methyl sites for hydroxylation is 1. The molecular formula is C23H28Cl2N2O3. The second kappa shape index (κ2) is 10.7. The molecule has 0 saturated carbocycles. The van der Waals surface area contributed by atoms with Crippen LogP contribution < -0.4 is 10.1 Å². The molecule has 0 saturated heterocycles. The lowest BCUT2D eigenvalue weighted by atomic mass is 10.1. The summed E-state index contributed by atoms with van der Waals surface area (Å²) in [6.07, 6.45) is 0. The molecule has 2 aromatic carbocycles. The molecule has 7 heteroatoms. The maximum absolute atomic E-state index is 13.1. The average molecular weight is 451 g/mol. The molecule has 0 fully saturated rings. The van der Waals surface area contributed by atoms with Crippen LogP contribution in [0.4, 0.5) is 0 Å². The van der Waals surface area contributed by atoms with Gasteiger partial charge >= 0.3 is 0 Å². The van der Waals surface area contributed by atoms with E-state index in [4.69, 9.17) is 27.9 Å². The smallest absolute Gasteiger partial charge is 0.261 e. The van der Waals surface area contributed by atoms with E-state index < -0.39 is 6.04 Å². The Bertz CT molecular complexity index is 915. The van der Waals surface area contributed by atoms with Gasteiger partial charge in [-0.05, 0) is 69.5 Å². The Morgan fingerprint density at radius 2 is 1.80 bits per heavy atom. The Kier molecular flexibility index (Phi) is 8.56. The van der Waals surface area contributed by atoms with E-state index in [1.54, 1.807) is 25.1 Å². The topological polar surface area (TPSA) is 58.6 Å². The molecule has 0 aliphatic heterocycles. The summed E-state index contributed by atoms with van der Waals surface area (Å²) in [5.41, 5.74) is 2.75. The zero-order chi connectivity index (χ0) is 22.4. The van der Waals surface area contributed by atoms with Crippen molar-refractivity contribution in [1.82, 2.24) is 10.2 Å². The van der Waals surface area contributed by atoms with Crippen molar-refractivity contribution in [2.45, 2.75) is 53.2 Å². The number of benzene rings is 2. The molecule has 0 aliphatic carbocycles. The third kappa shape index (κ3) is 6.38. The average Bonchev–Trinajstić information content (AvgIpc) is 2.67. The SMILES string of the molecule is Cc1cccc(OCC(=O)N(Cc2ccc(Cl)cc2Cl)[C@H](C)C(=O)NC(C)C)c1C. The van der Waals surface area contributed by atoms with Gasteiger partial charge in [0.2, 0.25) is 5.91 Å². The first-order valence-corrected chi connectivity index (χ1v) is 10.6. The summed E-state index contributed by atoms with van der Waals surface area (Å²) in [5.74, 6) is 0.0932. The number of halogens is 2. The van der Waals surface area contributed by atoms with Crippen molar-refractivity contribution in [2.24, 2.45) is 0 Å². The number of rotatable bonds is 8. The van der Waals surface area contributed by atoms with E-state index in [1.807, 2.05) is 45.9 Å². The van der Waals surface area contributed by atoms with E-state index >= 15 is 0 Å². The molecule has 0 aromatic heterocycles. The van der Waals surface area contributed by atoms with Gasteiger partial charge in [-0.3, -0.25) is 9.59 Å². The van der Waals surface area contributed by atoms with E-state index in [2.05, 4.69) is 5.32 Å². The second-order valence-corrected chi connectivity index (χ2v) is 8.43. The van der Waals surface area contributed by atoms with Gasteiger partial charge in [0.15, 0.2) is 6.61 Å². The first-order chi connectivity index (χ1) is 14.1. The molecule has 0 aliphatic rings. The molecule has 0 spiro atoms. The molecule has 0 unspecified atom stereocenters. The van der Waals surface area contributed by atoms with Crippen LogP contribution in [0.3, 0.4) is 0 Å². The van der Waals surface area contributed by atoms with E-state index in [9.17, 15) is 9.59 Å². The molecule has 30 heavy (non-hydrogen) atoms. The maximum atomic E-state index is 13.1. The molecule has 2 aromatic rings. The van der Waals surface area contributed by atoms with E-state index in [0.717, 1.165) is 11.1 Å². The molecule has 162 valence electrons. The van der Waals surface area contributed by atoms with Crippen LogP contribution in [0.2, 0.25) is 10.0 Å². The molecule has 5 nitrogen and oxygen atoms in total. The number of amides is 2. The summed E-state index contributed by atoms with van der Waals surface area (Å²) >= 11 is 12.3. The molecule has 0 heterocycles. The predicted molar refractivity (Wildman–Crippen MR) is 121 cm³/mol. The number of hydrogen-bond acceptors (Lipinski definition) is 3. The Labute approximate surface area is 188 Å². The highest BCUT2D eigenvalue weighted by molar-refractivity contribution is 6.35. The second-order valence-electron chi connectivity index (χ2n) is 7.58. The highest BCUT2D eigenvalue weighted by Crippen LogP contribution is 2.24. The summed E-state index contributed by atoms with van der Waals surface area (Å²) in [5, 5.41) is 3.79. The van der Waals surface area contributed by atoms with Crippen LogP contribution in [-0.2, 0) is 16.1 Å². The van der Waals surface area contributed by atoms with Crippen molar-refractivity contribution in [3.05, 3.63) is 63.1 Å². The Morgan fingerprint density at radius 3 is 2.43 bits per heavy atom. The zero-order valence-electron chi connectivity index (χ0n) is 18.0. The van der Waals surface area contributed by atoms with Crippen molar-refractivity contribution in [1.29, 1.82) is 0 Å². The molecule has 0 radical (unpaired) electrons. The minimum Gasteiger partial charge on any atom is -0.483 e. The zero-order valence-corrected chi connectivity index (χ0v) is 19.5. The number of ether oxygens (including phenoxy) is 1. The van der Waals surface area contributed by atoms with Gasteiger partial charge in [-0.1, -0.05) is 41.4 Å². The van der Waals surface area contributed by atoms with Crippen LogP contribution in [0, 0.1) is 13.8 Å². The van der Waals surface area contributed by atoms with Crippen LogP contribution in [-0.4, -0.2) is 35.4 Å². The van der Waals surface area contributed by atoms with Crippen molar-refractivity contribution in [3.8, 4) is 5.75 Å². The van der Waals surface area contributed by atoms with Gasteiger partial charge in [0, 0.05) is 22.6 Å². The van der Waals surface area contributed by atoms with Gasteiger partial charge < -0.3 is 15.0 Å². The number of hydrogen-bond donors (Lipinski definition) is 1. The van der Waals surface area contributed by atoms with Crippen molar-refractivity contribution < 1.29 is 14.3 Å². The molecule has 1 N–H and O–H groups in total. The quantitative estimate of drug-likeness (QED) is 0.619. The summed E-state index contributed by atoms with van der Waals surface area (Å²) in [7, 11) is 0. The van der Waals surface area contributed by atoms with Crippen LogP contribution in [0.1, 0.15) is 37.5 Å². The van der Waals surface area contributed by atoms with Crippen LogP contribution in [0.5, 0.6) is 5.75 Å². The van der Waals surface area contributed by atoms with Gasteiger partial charge in [0.05, 0.1) is 0 Å². The Balaban J connectivity index is 2.23. The summed E-state index contributed by atoms with van der Waals surface area (Å²) in [6, 6.07) is 10.0. The Hall–Kier alpha value is -2.24. The Morgan fingerprint density at radius 1 is 1.10 bits per heavy atom. The summed E-state index contributed by atoms with van der Waals surface area (Å²) in [6.45, 7) is 9.34. The third-order valence-corrected chi connectivity index (χ3v) is 5.45. The van der Waals surface area contributed by atoms with Gasteiger partial charge in [-0.25, -0.2) is 0 Å². The minimum absolute atomic E-state index is 0.0396. The fourth-order valence-corrected chi connectivity index (χ4v) is 3.39. The highest BCUT2D eigenvalue weighted by Gasteiger charge is 2.27. The van der Waals surface area contributed by atoms with Gasteiger partial charge in [-0.2, -0.15) is 0 Å². The number of carbonyl (C=O) groups is 2. The van der Waals surface area contributed by atoms with Gasteiger partial charge in [0.1, 0.15) is 11.8 Å². The van der Waals surface area contributed by atoms with Crippen molar-refractivity contribution >= 4 is 35.0 Å². The lowest BCUT2D eigenvalue weighted by Gasteiger charge is -2.29. The molecule has 1 atom stereocenters. The summed E-state index contributed by atoms with van der Waals surface area (Å²) in [4.78, 5) is 27.2. The van der Waals surface area contributed by atoms with E-state index in [-0.39, 0.29) is 31.0 Å². The lowest BCUT2D eigenvalue weighted by Crippen LogP contribution is -2.50. The first-order valence-electron chi connectivity index (χ1n) is 9.83. The number of nitrogens with zero attached hydrogens (tertiary/aromatic N) is 1. The maximum Gasteiger partial charge on any atom is 0.261 e. The van der Waals surface area contributed by atoms with Gasteiger partial charge in [0.25, 0.3) is 5.91 Å². The lowest BCUT2D eigenvalue weighted by molar-refractivity contribution is -0.142. The summed E-state index contributed by atoms with van der Waals surface area (Å²) < 4.78 is 5.78. The molecule has 0 bridgehead atoms. The molecule has 2 amide bonds. The van der Waals surface area contributed by atoms with Crippen molar-refractivity contribution in [2.75, 3.05) is 6.61 Å². The largest absolute Gasteiger partial charge is 0.483 e. The highest BCUT2D eigenvalue weighted by atomic mass is 35.5. The number of nitrogens with one attached hydrogen (secondary N) is 1.